The molecule has 2 aromatic rings. The van der Waals surface area contributed by atoms with E-state index < -0.39 is 0 Å². The zero-order chi connectivity index (χ0) is 21.6. The van der Waals surface area contributed by atoms with E-state index in [1.807, 2.05) is 30.3 Å². The summed E-state index contributed by atoms with van der Waals surface area (Å²) < 4.78 is 6.42. The molecule has 4 rings (SSSR count). The number of hydrogen-bond acceptors (Lipinski definition) is 4. The molecule has 0 aromatic heterocycles. The molecule has 6 nitrogen and oxygen atoms in total. The highest BCUT2D eigenvalue weighted by molar-refractivity contribution is 9.10. The first-order valence-corrected chi connectivity index (χ1v) is 11.6. The number of hydrogen-bond donors (Lipinski definition) is 1. The molecule has 7 heteroatoms. The second kappa shape index (κ2) is 10.4. The number of halogens is 1. The highest BCUT2D eigenvalue weighted by Crippen LogP contribution is 2.24. The number of amides is 2. The Morgan fingerprint density at radius 3 is 2.68 bits per heavy atom. The molecule has 2 saturated heterocycles. The third-order valence-corrected chi connectivity index (χ3v) is 6.38. The number of nitrogens with one attached hydrogen (secondary N) is 1. The summed E-state index contributed by atoms with van der Waals surface area (Å²) in [5, 5.41) is 3.04. The average Bonchev–Trinajstić information content (AvgIpc) is 2.80. The topological polar surface area (TPSA) is 61.9 Å². The Morgan fingerprint density at radius 1 is 1.06 bits per heavy atom. The first-order valence-electron chi connectivity index (χ1n) is 10.8. The van der Waals surface area contributed by atoms with E-state index in [1.165, 1.54) is 5.56 Å². The summed E-state index contributed by atoms with van der Waals surface area (Å²) >= 11 is 3.53. The fourth-order valence-electron chi connectivity index (χ4n) is 4.26. The molecule has 0 aliphatic carbocycles. The van der Waals surface area contributed by atoms with Crippen molar-refractivity contribution in [2.75, 3.05) is 44.7 Å². The van der Waals surface area contributed by atoms with E-state index >= 15 is 0 Å². The number of ether oxygens (including phenoxy) is 1. The number of benzene rings is 2. The van der Waals surface area contributed by atoms with Crippen molar-refractivity contribution in [2.24, 2.45) is 5.92 Å². The van der Waals surface area contributed by atoms with Crippen LogP contribution in [-0.4, -0.2) is 61.0 Å². The molecular weight excluding hydrogens is 458 g/mol. The van der Waals surface area contributed by atoms with Crippen molar-refractivity contribution >= 4 is 33.4 Å². The first kappa shape index (κ1) is 22.0. The molecule has 2 fully saturated rings. The number of morpholine rings is 1. The summed E-state index contributed by atoms with van der Waals surface area (Å²) in [6.07, 6.45) is 1.85. The van der Waals surface area contributed by atoms with Gasteiger partial charge < -0.3 is 15.0 Å². The molecule has 164 valence electrons. The minimum Gasteiger partial charge on any atom is -0.378 e. The molecule has 2 heterocycles. The van der Waals surface area contributed by atoms with Gasteiger partial charge >= 0.3 is 0 Å². The number of carbonyl (C=O) groups excluding carboxylic acids is 2. The number of piperidine rings is 1. The number of anilines is 1. The minimum absolute atomic E-state index is 0.0128. The molecule has 2 amide bonds. The molecule has 0 saturated carbocycles. The number of likely N-dealkylation sites (tertiary alicyclic amines) is 1. The van der Waals surface area contributed by atoms with Crippen molar-refractivity contribution in [1.82, 2.24) is 9.80 Å². The molecule has 1 unspecified atom stereocenters. The van der Waals surface area contributed by atoms with E-state index in [4.69, 9.17) is 4.74 Å². The van der Waals surface area contributed by atoms with E-state index in [-0.39, 0.29) is 17.7 Å². The predicted molar refractivity (Wildman–Crippen MR) is 124 cm³/mol. The lowest BCUT2D eigenvalue weighted by Crippen LogP contribution is -2.42. The highest BCUT2D eigenvalue weighted by Gasteiger charge is 2.27. The second-order valence-electron chi connectivity index (χ2n) is 8.14. The van der Waals surface area contributed by atoms with Crippen LogP contribution in [0.4, 0.5) is 5.69 Å². The molecule has 1 atom stereocenters. The van der Waals surface area contributed by atoms with Crippen molar-refractivity contribution in [3.8, 4) is 0 Å². The van der Waals surface area contributed by atoms with Crippen molar-refractivity contribution in [2.45, 2.75) is 19.4 Å². The largest absolute Gasteiger partial charge is 0.378 e. The Kier molecular flexibility index (Phi) is 7.37. The van der Waals surface area contributed by atoms with Crippen molar-refractivity contribution in [3.63, 3.8) is 0 Å². The van der Waals surface area contributed by atoms with Gasteiger partial charge in [0.25, 0.3) is 5.91 Å². The fourth-order valence-corrected chi connectivity index (χ4v) is 4.70. The van der Waals surface area contributed by atoms with Crippen LogP contribution in [0.1, 0.15) is 28.8 Å². The molecule has 0 bridgehead atoms. The molecule has 31 heavy (non-hydrogen) atoms. The SMILES string of the molecule is O=C(Nc1ccccc1C(=O)N1CCOCC1)C1CCCN(Cc2cccc(Br)c2)C1. The fraction of sp³-hybridized carbons (Fsp3) is 0.417. The van der Waals surface area contributed by atoms with Gasteiger partial charge in [-0.1, -0.05) is 40.2 Å². The van der Waals surface area contributed by atoms with Crippen LogP contribution >= 0.6 is 15.9 Å². The monoisotopic (exact) mass is 485 g/mol. The predicted octanol–water partition coefficient (Wildman–Crippen LogP) is 3.77. The van der Waals surface area contributed by atoms with Crippen LogP contribution < -0.4 is 5.32 Å². The highest BCUT2D eigenvalue weighted by atomic mass is 79.9. The summed E-state index contributed by atoms with van der Waals surface area (Å²) in [6, 6.07) is 15.6. The summed E-state index contributed by atoms with van der Waals surface area (Å²) in [4.78, 5) is 30.2. The lowest BCUT2D eigenvalue weighted by molar-refractivity contribution is -0.121. The smallest absolute Gasteiger partial charge is 0.256 e. The second-order valence-corrected chi connectivity index (χ2v) is 9.06. The maximum Gasteiger partial charge on any atom is 0.256 e. The van der Waals surface area contributed by atoms with E-state index in [0.717, 1.165) is 36.9 Å². The Hall–Kier alpha value is -2.22. The van der Waals surface area contributed by atoms with Gasteiger partial charge in [-0.25, -0.2) is 0 Å². The van der Waals surface area contributed by atoms with Crippen LogP contribution in [0, 0.1) is 5.92 Å². The van der Waals surface area contributed by atoms with Crippen LogP contribution in [0.15, 0.2) is 53.0 Å². The van der Waals surface area contributed by atoms with Crippen LogP contribution in [0.25, 0.3) is 0 Å². The van der Waals surface area contributed by atoms with Crippen LogP contribution in [0.3, 0.4) is 0 Å². The van der Waals surface area contributed by atoms with E-state index in [9.17, 15) is 9.59 Å². The van der Waals surface area contributed by atoms with Crippen LogP contribution in [0.5, 0.6) is 0 Å². The van der Waals surface area contributed by atoms with Crippen LogP contribution in [-0.2, 0) is 16.1 Å². The zero-order valence-corrected chi connectivity index (χ0v) is 19.1. The van der Waals surface area contributed by atoms with E-state index in [1.54, 1.807) is 11.0 Å². The van der Waals surface area contributed by atoms with E-state index in [2.05, 4.69) is 38.3 Å². The molecule has 2 aromatic carbocycles. The normalized spacial score (nSPS) is 19.8. The van der Waals surface area contributed by atoms with Gasteiger partial charge in [-0.2, -0.15) is 0 Å². The number of para-hydroxylation sites is 1. The molecule has 2 aliphatic rings. The lowest BCUT2D eigenvalue weighted by Gasteiger charge is -2.32. The average molecular weight is 486 g/mol. The zero-order valence-electron chi connectivity index (χ0n) is 17.6. The van der Waals surface area contributed by atoms with E-state index in [0.29, 0.717) is 37.6 Å². The Balaban J connectivity index is 1.40. The standard InChI is InChI=1S/C24H28BrN3O3/c25-20-7-3-5-18(15-20)16-27-10-4-6-19(17-27)23(29)26-22-9-2-1-8-21(22)24(30)28-11-13-31-14-12-28/h1-3,5,7-9,15,19H,4,6,10-14,16-17H2,(H,26,29). The number of nitrogens with zero attached hydrogens (tertiary/aromatic N) is 2. The van der Waals surface area contributed by atoms with Crippen molar-refractivity contribution in [1.29, 1.82) is 0 Å². The Morgan fingerprint density at radius 2 is 1.87 bits per heavy atom. The third-order valence-electron chi connectivity index (χ3n) is 5.89. The van der Waals surface area contributed by atoms with Crippen LogP contribution in [0.2, 0.25) is 0 Å². The summed E-state index contributed by atoms with van der Waals surface area (Å²) in [6.45, 7) is 4.80. The molecule has 2 aliphatic heterocycles. The van der Waals surface area contributed by atoms with Gasteiger partial charge in [-0.15, -0.1) is 0 Å². The Bertz CT molecular complexity index is 930. The molecule has 0 spiro atoms. The summed E-state index contributed by atoms with van der Waals surface area (Å²) in [5.41, 5.74) is 2.37. The van der Waals surface area contributed by atoms with Gasteiger partial charge in [0.1, 0.15) is 0 Å². The molecule has 1 N–H and O–H groups in total. The first-order chi connectivity index (χ1) is 15.1. The summed E-state index contributed by atoms with van der Waals surface area (Å²) in [7, 11) is 0. The van der Waals surface area contributed by atoms with Crippen molar-refractivity contribution < 1.29 is 14.3 Å². The minimum atomic E-state index is -0.0903. The third kappa shape index (κ3) is 5.73. The van der Waals surface area contributed by atoms with Crippen molar-refractivity contribution in [3.05, 3.63) is 64.1 Å². The van der Waals surface area contributed by atoms with Gasteiger partial charge in [-0.05, 0) is 49.2 Å². The van der Waals surface area contributed by atoms with Gasteiger partial charge in [0, 0.05) is 30.7 Å². The maximum atomic E-state index is 13.1. The Labute approximate surface area is 191 Å². The number of carbonyl (C=O) groups is 2. The lowest BCUT2D eigenvalue weighted by atomic mass is 9.96. The van der Waals surface area contributed by atoms with Gasteiger partial charge in [0.05, 0.1) is 30.4 Å². The van der Waals surface area contributed by atoms with Gasteiger partial charge in [-0.3, -0.25) is 14.5 Å². The molecular formula is C24H28BrN3O3. The van der Waals surface area contributed by atoms with Gasteiger partial charge in [0.2, 0.25) is 5.91 Å². The molecule has 0 radical (unpaired) electrons. The maximum absolute atomic E-state index is 13.1. The number of rotatable bonds is 5. The quantitative estimate of drug-likeness (QED) is 0.699. The summed E-state index contributed by atoms with van der Waals surface area (Å²) in [5.74, 6) is -0.159. The van der Waals surface area contributed by atoms with Gasteiger partial charge in [0.15, 0.2) is 0 Å².